The molecular weight excluding hydrogens is 503 g/mol. The second-order valence-electron chi connectivity index (χ2n) is 7.37. The quantitative estimate of drug-likeness (QED) is 0.357. The van der Waals surface area contributed by atoms with Gasteiger partial charge in [0, 0.05) is 20.8 Å². The number of anilines is 1. The van der Waals surface area contributed by atoms with Crippen LogP contribution in [0.1, 0.15) is 36.6 Å². The SMILES string of the molecule is O=C(COC(=O)c1ccc2c(c1)C(=O)N(Cc1ccc(Cl)cc1)C2=O)Nc1cc(Cl)cc(Cl)c1. The van der Waals surface area contributed by atoms with Crippen LogP contribution >= 0.6 is 34.8 Å². The van der Waals surface area contributed by atoms with Gasteiger partial charge in [-0.1, -0.05) is 46.9 Å². The van der Waals surface area contributed by atoms with Gasteiger partial charge in [-0.25, -0.2) is 4.79 Å². The summed E-state index contributed by atoms with van der Waals surface area (Å²) < 4.78 is 5.04. The second-order valence-corrected chi connectivity index (χ2v) is 8.68. The molecule has 0 fully saturated rings. The molecule has 34 heavy (non-hydrogen) atoms. The minimum Gasteiger partial charge on any atom is -0.452 e. The van der Waals surface area contributed by atoms with Crippen molar-refractivity contribution in [3.8, 4) is 0 Å². The van der Waals surface area contributed by atoms with Crippen molar-refractivity contribution in [1.29, 1.82) is 0 Å². The van der Waals surface area contributed by atoms with Gasteiger partial charge in [0.2, 0.25) is 0 Å². The number of fused-ring (bicyclic) bond motifs is 1. The normalized spacial score (nSPS) is 12.5. The van der Waals surface area contributed by atoms with E-state index in [1.807, 2.05) is 0 Å². The van der Waals surface area contributed by atoms with Crippen LogP contribution in [0.5, 0.6) is 0 Å². The number of ether oxygens (including phenoxy) is 1. The smallest absolute Gasteiger partial charge is 0.338 e. The minimum absolute atomic E-state index is 0.0341. The van der Waals surface area contributed by atoms with Gasteiger partial charge in [-0.15, -0.1) is 0 Å². The zero-order valence-corrected chi connectivity index (χ0v) is 19.6. The highest BCUT2D eigenvalue weighted by atomic mass is 35.5. The first kappa shape index (κ1) is 23.8. The van der Waals surface area contributed by atoms with Crippen molar-refractivity contribution >= 4 is 64.2 Å². The minimum atomic E-state index is -0.821. The molecule has 0 atom stereocenters. The van der Waals surface area contributed by atoms with E-state index in [-0.39, 0.29) is 23.2 Å². The molecule has 0 saturated carbocycles. The molecule has 4 rings (SSSR count). The van der Waals surface area contributed by atoms with E-state index in [1.165, 1.54) is 36.4 Å². The van der Waals surface area contributed by atoms with Crippen molar-refractivity contribution in [2.24, 2.45) is 0 Å². The zero-order chi connectivity index (χ0) is 24.4. The summed E-state index contributed by atoms with van der Waals surface area (Å²) in [6.07, 6.45) is 0. The number of hydrogen-bond acceptors (Lipinski definition) is 5. The number of hydrogen-bond donors (Lipinski definition) is 1. The highest BCUT2D eigenvalue weighted by Crippen LogP contribution is 2.26. The first-order valence-electron chi connectivity index (χ1n) is 9.89. The summed E-state index contributed by atoms with van der Waals surface area (Å²) in [6.45, 7) is -0.507. The molecule has 7 nitrogen and oxygen atoms in total. The lowest BCUT2D eigenvalue weighted by Gasteiger charge is -2.13. The average Bonchev–Trinajstić information content (AvgIpc) is 3.02. The number of amides is 3. The van der Waals surface area contributed by atoms with Crippen molar-refractivity contribution in [2.75, 3.05) is 11.9 Å². The Balaban J connectivity index is 1.41. The Labute approximate surface area is 209 Å². The largest absolute Gasteiger partial charge is 0.452 e. The molecule has 0 aliphatic carbocycles. The second kappa shape index (κ2) is 9.85. The molecule has 0 aromatic heterocycles. The van der Waals surface area contributed by atoms with Gasteiger partial charge >= 0.3 is 5.97 Å². The van der Waals surface area contributed by atoms with Crippen LogP contribution in [0.15, 0.2) is 60.7 Å². The van der Waals surface area contributed by atoms with Gasteiger partial charge in [-0.05, 0) is 54.1 Å². The molecule has 0 radical (unpaired) electrons. The molecule has 0 saturated heterocycles. The molecule has 3 aromatic carbocycles. The Kier molecular flexibility index (Phi) is 6.88. The molecule has 1 aliphatic heterocycles. The fraction of sp³-hybridized carbons (Fsp3) is 0.0833. The summed E-state index contributed by atoms with van der Waals surface area (Å²) >= 11 is 17.7. The number of benzene rings is 3. The predicted molar refractivity (Wildman–Crippen MR) is 127 cm³/mol. The number of halogens is 3. The van der Waals surface area contributed by atoms with E-state index in [2.05, 4.69) is 5.32 Å². The first-order chi connectivity index (χ1) is 16.2. The molecule has 1 N–H and O–H groups in total. The standard InChI is InChI=1S/C24H15Cl3N2O5/c25-15-4-1-13(2-5-15)11-29-22(31)19-6-3-14(7-20(19)23(29)32)24(33)34-12-21(30)28-18-9-16(26)8-17(27)10-18/h1-10H,11-12H2,(H,28,30). The van der Waals surface area contributed by atoms with Crippen molar-refractivity contribution < 1.29 is 23.9 Å². The maximum absolute atomic E-state index is 12.8. The van der Waals surface area contributed by atoms with Gasteiger partial charge in [0.15, 0.2) is 6.61 Å². The van der Waals surface area contributed by atoms with Gasteiger partial charge < -0.3 is 10.1 Å². The maximum atomic E-state index is 12.8. The lowest BCUT2D eigenvalue weighted by atomic mass is 10.1. The van der Waals surface area contributed by atoms with Gasteiger partial charge in [0.1, 0.15) is 0 Å². The third kappa shape index (κ3) is 5.22. The number of nitrogens with one attached hydrogen (secondary N) is 1. The molecule has 3 amide bonds. The Morgan fingerprint density at radius 3 is 2.12 bits per heavy atom. The molecule has 0 bridgehead atoms. The highest BCUT2D eigenvalue weighted by molar-refractivity contribution is 6.35. The van der Waals surface area contributed by atoms with Crippen LogP contribution < -0.4 is 5.32 Å². The summed E-state index contributed by atoms with van der Waals surface area (Å²) in [4.78, 5) is 51.1. The monoisotopic (exact) mass is 516 g/mol. The number of carbonyl (C=O) groups is 4. The number of nitrogens with zero attached hydrogens (tertiary/aromatic N) is 1. The Hall–Kier alpha value is -3.39. The van der Waals surface area contributed by atoms with E-state index >= 15 is 0 Å². The molecule has 1 heterocycles. The predicted octanol–water partition coefficient (Wildman–Crippen LogP) is 5.24. The van der Waals surface area contributed by atoms with Crippen LogP contribution in [0.3, 0.4) is 0 Å². The van der Waals surface area contributed by atoms with E-state index < -0.39 is 30.3 Å². The summed E-state index contributed by atoms with van der Waals surface area (Å²) in [5.41, 5.74) is 1.39. The van der Waals surface area contributed by atoms with Gasteiger partial charge in [0.05, 0.1) is 23.2 Å². The molecule has 1 aliphatic rings. The van der Waals surface area contributed by atoms with Crippen LogP contribution in [-0.4, -0.2) is 35.2 Å². The van der Waals surface area contributed by atoms with Crippen molar-refractivity contribution in [3.05, 3.63) is 98.0 Å². The van der Waals surface area contributed by atoms with E-state index in [9.17, 15) is 19.2 Å². The molecule has 0 unspecified atom stereocenters. The highest BCUT2D eigenvalue weighted by Gasteiger charge is 2.36. The molecule has 10 heteroatoms. The van der Waals surface area contributed by atoms with Gasteiger partial charge in [-0.3, -0.25) is 19.3 Å². The number of carbonyl (C=O) groups excluding carboxylic acids is 4. The van der Waals surface area contributed by atoms with Crippen LogP contribution in [0.2, 0.25) is 15.1 Å². The molecular formula is C24H15Cl3N2O5. The third-order valence-electron chi connectivity index (χ3n) is 4.94. The molecule has 0 spiro atoms. The fourth-order valence-electron chi connectivity index (χ4n) is 3.37. The van der Waals surface area contributed by atoms with Crippen molar-refractivity contribution in [3.63, 3.8) is 0 Å². The van der Waals surface area contributed by atoms with Crippen LogP contribution in [0.25, 0.3) is 0 Å². The summed E-state index contributed by atoms with van der Waals surface area (Å²) in [7, 11) is 0. The Morgan fingerprint density at radius 2 is 1.44 bits per heavy atom. The fourth-order valence-corrected chi connectivity index (χ4v) is 4.02. The van der Waals surface area contributed by atoms with E-state index in [0.717, 1.165) is 10.5 Å². The molecule has 172 valence electrons. The Morgan fingerprint density at radius 1 is 0.794 bits per heavy atom. The topological polar surface area (TPSA) is 92.8 Å². The van der Waals surface area contributed by atoms with Gasteiger partial charge in [0.25, 0.3) is 17.7 Å². The van der Waals surface area contributed by atoms with Crippen LogP contribution in [0.4, 0.5) is 5.69 Å². The summed E-state index contributed by atoms with van der Waals surface area (Å²) in [6, 6.07) is 15.3. The zero-order valence-electron chi connectivity index (χ0n) is 17.3. The lowest BCUT2D eigenvalue weighted by molar-refractivity contribution is -0.119. The average molecular weight is 518 g/mol. The van der Waals surface area contributed by atoms with Crippen LogP contribution in [-0.2, 0) is 16.1 Å². The summed E-state index contributed by atoms with van der Waals surface area (Å²) in [5, 5.41) is 3.73. The van der Waals surface area contributed by atoms with Crippen LogP contribution in [0, 0.1) is 0 Å². The van der Waals surface area contributed by atoms with E-state index in [1.54, 1.807) is 24.3 Å². The molecule has 3 aromatic rings. The van der Waals surface area contributed by atoms with E-state index in [0.29, 0.717) is 20.8 Å². The van der Waals surface area contributed by atoms with Gasteiger partial charge in [-0.2, -0.15) is 0 Å². The van der Waals surface area contributed by atoms with E-state index in [4.69, 9.17) is 39.5 Å². The van der Waals surface area contributed by atoms with Crippen molar-refractivity contribution in [2.45, 2.75) is 6.54 Å². The number of esters is 1. The maximum Gasteiger partial charge on any atom is 0.338 e. The summed E-state index contributed by atoms with van der Waals surface area (Å²) in [5.74, 6) is -2.42. The Bertz CT molecular complexity index is 1300. The first-order valence-corrected chi connectivity index (χ1v) is 11.0. The third-order valence-corrected chi connectivity index (χ3v) is 5.63. The number of imide groups is 1. The number of rotatable bonds is 6. The van der Waals surface area contributed by atoms with Crippen molar-refractivity contribution in [1.82, 2.24) is 4.90 Å². The lowest BCUT2D eigenvalue weighted by Crippen LogP contribution is -2.29.